The Morgan fingerprint density at radius 2 is 1.84 bits per heavy atom. The number of hydrogen-bond donors (Lipinski definition) is 2. The molecule has 1 amide bonds. The molecule has 3 aromatic rings. The Morgan fingerprint density at radius 1 is 1.02 bits per heavy atom. The molecule has 1 fully saturated rings. The molecule has 240 valence electrons. The number of ether oxygens (including phenoxy) is 5. The van der Waals surface area contributed by atoms with E-state index in [9.17, 15) is 9.59 Å². The van der Waals surface area contributed by atoms with E-state index < -0.39 is 6.10 Å². The third-order valence-electron chi connectivity index (χ3n) is 7.92. The highest BCUT2D eigenvalue weighted by Crippen LogP contribution is 2.34. The highest BCUT2D eigenvalue weighted by atomic mass is 16.5. The maximum absolute atomic E-state index is 12.3. The van der Waals surface area contributed by atoms with Crippen LogP contribution in [0.5, 0.6) is 17.2 Å². The van der Waals surface area contributed by atoms with Gasteiger partial charge >= 0.3 is 5.97 Å². The Morgan fingerprint density at radius 3 is 2.64 bits per heavy atom. The number of carbonyl (C=O) groups is 2. The van der Waals surface area contributed by atoms with Gasteiger partial charge in [0.25, 0.3) is 0 Å². The molecular weight excluding hydrogens is 574 g/mol. The van der Waals surface area contributed by atoms with Crippen LogP contribution in [0.3, 0.4) is 0 Å². The third kappa shape index (κ3) is 9.12. The van der Waals surface area contributed by atoms with Crippen molar-refractivity contribution in [2.75, 3.05) is 58.0 Å². The van der Waals surface area contributed by atoms with E-state index in [0.717, 1.165) is 54.1 Å². The van der Waals surface area contributed by atoms with Gasteiger partial charge in [-0.3, -0.25) is 9.59 Å². The molecule has 0 saturated carbocycles. The van der Waals surface area contributed by atoms with Gasteiger partial charge in [0, 0.05) is 43.8 Å². The van der Waals surface area contributed by atoms with Gasteiger partial charge in [-0.15, -0.1) is 0 Å². The molecule has 0 spiro atoms. The van der Waals surface area contributed by atoms with Crippen LogP contribution < -0.4 is 29.7 Å². The molecule has 45 heavy (non-hydrogen) atoms. The minimum atomic E-state index is -0.421. The molecule has 0 radical (unpaired) electrons. The quantitative estimate of drug-likeness (QED) is 0.192. The normalized spacial score (nSPS) is 16.7. The zero-order chi connectivity index (χ0) is 31.4. The summed E-state index contributed by atoms with van der Waals surface area (Å²) < 4.78 is 29.0. The second kappa shape index (κ2) is 16.2. The molecule has 2 heterocycles. The lowest BCUT2D eigenvalue weighted by molar-refractivity contribution is -0.140. The number of piperazine rings is 1. The number of rotatable bonds is 15. The van der Waals surface area contributed by atoms with Crippen LogP contribution in [0.2, 0.25) is 0 Å². The van der Waals surface area contributed by atoms with Crippen LogP contribution in [-0.2, 0) is 32.1 Å². The molecule has 2 aliphatic rings. The van der Waals surface area contributed by atoms with Crippen LogP contribution in [0.25, 0.3) is 0 Å². The molecule has 1 unspecified atom stereocenters. The van der Waals surface area contributed by atoms with Crippen LogP contribution >= 0.6 is 0 Å². The van der Waals surface area contributed by atoms with E-state index in [0.29, 0.717) is 45.3 Å². The first-order valence-electron chi connectivity index (χ1n) is 15.6. The third-order valence-corrected chi connectivity index (χ3v) is 7.92. The highest BCUT2D eigenvalue weighted by Gasteiger charge is 2.30. The Bertz CT molecular complexity index is 1410. The monoisotopic (exact) mass is 617 g/mol. The summed E-state index contributed by atoms with van der Waals surface area (Å²) in [6.45, 7) is 5.73. The number of benzene rings is 3. The average Bonchev–Trinajstić information content (AvgIpc) is 3.05. The number of hydrogen-bond acceptors (Lipinski definition) is 9. The Kier molecular flexibility index (Phi) is 11.5. The van der Waals surface area contributed by atoms with E-state index in [1.807, 2.05) is 54.6 Å². The van der Waals surface area contributed by atoms with Crippen LogP contribution in [0.4, 0.5) is 5.69 Å². The lowest BCUT2D eigenvalue weighted by atomic mass is 9.99. The Balaban J connectivity index is 1.20. The van der Waals surface area contributed by atoms with Gasteiger partial charge < -0.3 is 39.2 Å². The molecule has 0 aromatic heterocycles. The number of nitrogens with one attached hydrogen (secondary N) is 2. The van der Waals surface area contributed by atoms with Gasteiger partial charge in [0.1, 0.15) is 30.0 Å². The summed E-state index contributed by atoms with van der Waals surface area (Å²) in [5.74, 6) is 1.96. The number of anilines is 1. The number of aryl methyl sites for hydroxylation is 1. The van der Waals surface area contributed by atoms with Crippen LogP contribution in [0, 0.1) is 0 Å². The largest absolute Gasteiger partial charge is 0.496 e. The molecule has 0 bridgehead atoms. The number of para-hydroxylation sites is 1. The molecule has 2 N–H and O–H groups in total. The van der Waals surface area contributed by atoms with E-state index >= 15 is 0 Å². The highest BCUT2D eigenvalue weighted by molar-refractivity contribution is 5.79. The summed E-state index contributed by atoms with van der Waals surface area (Å²) in [5, 5.41) is 6.29. The van der Waals surface area contributed by atoms with Crippen molar-refractivity contribution in [3.8, 4) is 17.2 Å². The maximum atomic E-state index is 12.3. The van der Waals surface area contributed by atoms with Crippen molar-refractivity contribution in [1.82, 2.24) is 10.6 Å². The van der Waals surface area contributed by atoms with Gasteiger partial charge in [0.05, 0.1) is 46.1 Å². The molecule has 2 aliphatic heterocycles. The Labute approximate surface area is 264 Å². The standard InChI is InChI=1S/C35H43N3O7/c1-25(39)43-20-17-38-16-5-8-26-10-15-30(21-32(26)38)45-35(31-22-36-23-34(40)37-31)27-11-13-29(14-12-27)44-19-6-18-42-24-28-7-3-4-9-33(28)41-2/h3-4,7,9-15,21,31,35-36H,5-6,8,16-20,22-24H2,1-2H3,(H,37,40)/t31-,35?/m1/s1. The number of amides is 1. The second-order valence-corrected chi connectivity index (χ2v) is 11.2. The van der Waals surface area contributed by atoms with Crippen LogP contribution in [0.15, 0.2) is 66.7 Å². The number of fused-ring (bicyclic) bond motifs is 1. The van der Waals surface area contributed by atoms with Crippen molar-refractivity contribution in [3.63, 3.8) is 0 Å². The number of nitrogens with zero attached hydrogens (tertiary/aromatic N) is 1. The summed E-state index contributed by atoms with van der Waals surface area (Å²) in [7, 11) is 1.66. The van der Waals surface area contributed by atoms with Gasteiger partial charge in [0.2, 0.25) is 5.91 Å². The van der Waals surface area contributed by atoms with Crippen molar-refractivity contribution in [1.29, 1.82) is 0 Å². The molecule has 10 heteroatoms. The number of methoxy groups -OCH3 is 1. The van der Waals surface area contributed by atoms with Crippen molar-refractivity contribution in [2.45, 2.75) is 44.9 Å². The minimum Gasteiger partial charge on any atom is -0.496 e. The van der Waals surface area contributed by atoms with Crippen molar-refractivity contribution in [2.24, 2.45) is 0 Å². The summed E-state index contributed by atoms with van der Waals surface area (Å²) in [6.07, 6.45) is 2.36. The van der Waals surface area contributed by atoms with E-state index in [4.69, 9.17) is 23.7 Å². The predicted octanol–water partition coefficient (Wildman–Crippen LogP) is 4.20. The van der Waals surface area contributed by atoms with E-state index in [2.05, 4.69) is 27.7 Å². The first-order valence-corrected chi connectivity index (χ1v) is 15.6. The van der Waals surface area contributed by atoms with Gasteiger partial charge in [-0.25, -0.2) is 0 Å². The fourth-order valence-electron chi connectivity index (χ4n) is 5.71. The molecule has 1 saturated heterocycles. The molecule has 10 nitrogen and oxygen atoms in total. The number of esters is 1. The summed E-state index contributed by atoms with van der Waals surface area (Å²) in [4.78, 5) is 25.8. The van der Waals surface area contributed by atoms with E-state index in [1.165, 1.54) is 12.5 Å². The second-order valence-electron chi connectivity index (χ2n) is 11.2. The number of carbonyl (C=O) groups excluding carboxylic acids is 2. The maximum Gasteiger partial charge on any atom is 0.302 e. The fraction of sp³-hybridized carbons (Fsp3) is 0.429. The van der Waals surface area contributed by atoms with Gasteiger partial charge in [0.15, 0.2) is 0 Å². The van der Waals surface area contributed by atoms with Gasteiger partial charge in [-0.1, -0.05) is 36.4 Å². The summed E-state index contributed by atoms with van der Waals surface area (Å²) in [5.41, 5.74) is 4.28. The van der Waals surface area contributed by atoms with Crippen LogP contribution in [-0.4, -0.2) is 71.0 Å². The minimum absolute atomic E-state index is 0.0604. The van der Waals surface area contributed by atoms with E-state index in [1.54, 1.807) is 7.11 Å². The van der Waals surface area contributed by atoms with Crippen molar-refractivity contribution < 1.29 is 33.3 Å². The molecule has 0 aliphatic carbocycles. The topological polar surface area (TPSA) is 108 Å². The molecular formula is C35H43N3O7. The van der Waals surface area contributed by atoms with Crippen molar-refractivity contribution >= 4 is 17.6 Å². The van der Waals surface area contributed by atoms with Crippen molar-refractivity contribution in [3.05, 3.63) is 83.4 Å². The lowest BCUT2D eigenvalue weighted by Gasteiger charge is -2.34. The first kappa shape index (κ1) is 32.1. The SMILES string of the molecule is COc1ccccc1COCCCOc1ccc(C(Oc2ccc3c(c2)N(CCOC(C)=O)CCC3)[C@H]2CNCC(=O)N2)cc1. The molecule has 5 rings (SSSR count). The Hall–Kier alpha value is -4.28. The van der Waals surface area contributed by atoms with Crippen LogP contribution in [0.1, 0.15) is 42.6 Å². The lowest BCUT2D eigenvalue weighted by Crippen LogP contribution is -2.55. The first-order chi connectivity index (χ1) is 22.0. The molecule has 2 atom stereocenters. The smallest absolute Gasteiger partial charge is 0.302 e. The molecule has 3 aromatic carbocycles. The summed E-state index contributed by atoms with van der Waals surface area (Å²) >= 11 is 0. The fourth-order valence-corrected chi connectivity index (χ4v) is 5.71. The van der Waals surface area contributed by atoms with Gasteiger partial charge in [-0.2, -0.15) is 0 Å². The van der Waals surface area contributed by atoms with E-state index in [-0.39, 0.29) is 24.5 Å². The summed E-state index contributed by atoms with van der Waals surface area (Å²) in [6, 6.07) is 21.6. The van der Waals surface area contributed by atoms with Gasteiger partial charge in [-0.05, 0) is 48.2 Å². The zero-order valence-corrected chi connectivity index (χ0v) is 26.1. The average molecular weight is 618 g/mol. The zero-order valence-electron chi connectivity index (χ0n) is 26.1. The predicted molar refractivity (Wildman–Crippen MR) is 171 cm³/mol.